The molecule has 0 amide bonds. The zero-order chi connectivity index (χ0) is 10.4. The predicted molar refractivity (Wildman–Crippen MR) is 61.9 cm³/mol. The highest BCUT2D eigenvalue weighted by Crippen LogP contribution is 2.42. The zero-order valence-electron chi connectivity index (χ0n) is 9.69. The van der Waals surface area contributed by atoms with E-state index in [1.165, 1.54) is 31.6 Å². The average Bonchev–Trinajstić information content (AvgIpc) is 2.66. The minimum absolute atomic E-state index is 0.742. The van der Waals surface area contributed by atoms with E-state index in [1.807, 2.05) is 0 Å². The lowest BCUT2D eigenvalue weighted by molar-refractivity contribution is 0.0324. The molecule has 1 aromatic heterocycles. The Balaban J connectivity index is 1.95. The maximum Gasteiger partial charge on any atom is 0.0221 e. The molecule has 2 atom stereocenters. The van der Waals surface area contributed by atoms with E-state index in [-0.39, 0.29) is 0 Å². The molecule has 15 heavy (non-hydrogen) atoms. The van der Waals surface area contributed by atoms with Gasteiger partial charge in [0.2, 0.25) is 0 Å². The lowest BCUT2D eigenvalue weighted by Crippen LogP contribution is -2.52. The highest BCUT2D eigenvalue weighted by Gasteiger charge is 2.41. The lowest BCUT2D eigenvalue weighted by Gasteiger charge is -2.50. The first kappa shape index (κ1) is 9.46. The molecule has 4 heterocycles. The third kappa shape index (κ3) is 1.35. The first-order valence-corrected chi connectivity index (χ1v) is 6.12. The lowest BCUT2D eigenvalue weighted by atomic mass is 9.73. The van der Waals surface area contributed by atoms with Crippen LogP contribution in [-0.2, 0) is 7.05 Å². The highest BCUT2D eigenvalue weighted by molar-refractivity contribution is 5.18. The van der Waals surface area contributed by atoms with Gasteiger partial charge in [-0.1, -0.05) is 0 Å². The molecule has 0 N–H and O–H groups in total. The maximum atomic E-state index is 2.66. The summed E-state index contributed by atoms with van der Waals surface area (Å²) in [6, 6.07) is 5.23. The Morgan fingerprint density at radius 3 is 2.53 bits per heavy atom. The summed E-state index contributed by atoms with van der Waals surface area (Å²) in [6.45, 7) is 5.06. The molecular weight excluding hydrogens is 184 g/mol. The molecule has 0 radical (unpaired) electrons. The van der Waals surface area contributed by atoms with E-state index >= 15 is 0 Å². The van der Waals surface area contributed by atoms with Crippen LogP contribution in [0.2, 0.25) is 0 Å². The fourth-order valence-electron chi connectivity index (χ4n) is 3.62. The molecule has 0 aliphatic carbocycles. The second-order valence-corrected chi connectivity index (χ2v) is 5.18. The molecule has 3 fully saturated rings. The number of nitrogens with zero attached hydrogens (tertiary/aromatic N) is 2. The van der Waals surface area contributed by atoms with Crippen molar-refractivity contribution < 1.29 is 0 Å². The molecule has 2 unspecified atom stereocenters. The van der Waals surface area contributed by atoms with Gasteiger partial charge in [0.25, 0.3) is 0 Å². The molecule has 2 heteroatoms. The monoisotopic (exact) mass is 204 g/mol. The Bertz CT molecular complexity index is 345. The van der Waals surface area contributed by atoms with Gasteiger partial charge in [-0.3, -0.25) is 4.90 Å². The summed E-state index contributed by atoms with van der Waals surface area (Å²) in [5, 5.41) is 0. The van der Waals surface area contributed by atoms with Gasteiger partial charge in [0, 0.05) is 30.9 Å². The summed E-state index contributed by atoms with van der Waals surface area (Å²) in [7, 11) is 2.18. The van der Waals surface area contributed by atoms with Gasteiger partial charge in [-0.05, 0) is 50.9 Å². The van der Waals surface area contributed by atoms with Gasteiger partial charge < -0.3 is 4.57 Å². The number of hydrogen-bond acceptors (Lipinski definition) is 1. The van der Waals surface area contributed by atoms with Crippen molar-refractivity contribution in [2.24, 2.45) is 13.0 Å². The van der Waals surface area contributed by atoms with Crippen molar-refractivity contribution in [1.82, 2.24) is 9.47 Å². The number of fused-ring (bicyclic) bond motifs is 3. The maximum absolute atomic E-state index is 2.66. The second kappa shape index (κ2) is 3.38. The van der Waals surface area contributed by atoms with Crippen molar-refractivity contribution in [1.29, 1.82) is 0 Å². The average molecular weight is 204 g/mol. The van der Waals surface area contributed by atoms with E-state index in [2.05, 4.69) is 41.8 Å². The van der Waals surface area contributed by atoms with Crippen LogP contribution in [0.3, 0.4) is 0 Å². The third-order valence-electron chi connectivity index (χ3n) is 4.50. The van der Waals surface area contributed by atoms with Crippen LogP contribution in [0.5, 0.6) is 0 Å². The summed E-state index contributed by atoms with van der Waals surface area (Å²) in [5.41, 5.74) is 1.54. The van der Waals surface area contributed by atoms with Crippen LogP contribution >= 0.6 is 0 Å². The van der Waals surface area contributed by atoms with Crippen LogP contribution in [0, 0.1) is 5.92 Å². The van der Waals surface area contributed by atoms with Crippen LogP contribution in [0.1, 0.15) is 31.4 Å². The third-order valence-corrected chi connectivity index (χ3v) is 4.50. The fourth-order valence-corrected chi connectivity index (χ4v) is 3.62. The quantitative estimate of drug-likeness (QED) is 0.681. The van der Waals surface area contributed by atoms with Crippen LogP contribution in [0.25, 0.3) is 0 Å². The molecule has 3 aliphatic rings. The van der Waals surface area contributed by atoms with Crippen molar-refractivity contribution in [3.05, 3.63) is 24.0 Å². The van der Waals surface area contributed by atoms with Crippen molar-refractivity contribution >= 4 is 0 Å². The standard InChI is InChI=1S/C13H20N2/c1-10-13(12-4-3-7-14(12)2)11-5-8-15(10)9-6-11/h3-4,7,10-11,13H,5-6,8-9H2,1-2H3. The smallest absolute Gasteiger partial charge is 0.0221 e. The summed E-state index contributed by atoms with van der Waals surface area (Å²) in [5.74, 6) is 1.70. The minimum Gasteiger partial charge on any atom is -0.354 e. The summed E-state index contributed by atoms with van der Waals surface area (Å²) >= 11 is 0. The first-order valence-electron chi connectivity index (χ1n) is 6.12. The van der Waals surface area contributed by atoms with Crippen LogP contribution < -0.4 is 0 Å². The van der Waals surface area contributed by atoms with Crippen molar-refractivity contribution in [3.8, 4) is 0 Å². The zero-order valence-corrected chi connectivity index (χ0v) is 9.69. The topological polar surface area (TPSA) is 8.17 Å². The molecule has 3 aliphatic heterocycles. The number of hydrogen-bond donors (Lipinski definition) is 0. The second-order valence-electron chi connectivity index (χ2n) is 5.18. The first-order chi connectivity index (χ1) is 7.27. The molecular formula is C13H20N2. The van der Waals surface area contributed by atoms with E-state index in [0.29, 0.717) is 0 Å². The number of rotatable bonds is 1. The summed E-state index contributed by atoms with van der Waals surface area (Å²) in [4.78, 5) is 2.66. The van der Waals surface area contributed by atoms with Gasteiger partial charge in [0.1, 0.15) is 0 Å². The molecule has 0 saturated carbocycles. The Morgan fingerprint density at radius 2 is 2.00 bits per heavy atom. The van der Waals surface area contributed by atoms with Gasteiger partial charge in [-0.25, -0.2) is 0 Å². The number of piperidine rings is 3. The number of aryl methyl sites for hydroxylation is 1. The van der Waals surface area contributed by atoms with E-state index in [4.69, 9.17) is 0 Å². The van der Waals surface area contributed by atoms with Crippen molar-refractivity contribution in [2.75, 3.05) is 13.1 Å². The molecule has 2 bridgehead atoms. The van der Waals surface area contributed by atoms with Crippen LogP contribution in [0.15, 0.2) is 18.3 Å². The van der Waals surface area contributed by atoms with Gasteiger partial charge in [-0.15, -0.1) is 0 Å². The molecule has 82 valence electrons. The van der Waals surface area contributed by atoms with E-state index in [9.17, 15) is 0 Å². The Labute approximate surface area is 91.9 Å². The van der Waals surface area contributed by atoms with E-state index in [0.717, 1.165) is 17.9 Å². The molecule has 1 aromatic rings. The largest absolute Gasteiger partial charge is 0.354 e. The van der Waals surface area contributed by atoms with Gasteiger partial charge in [0.05, 0.1) is 0 Å². The van der Waals surface area contributed by atoms with Crippen LogP contribution in [0.4, 0.5) is 0 Å². The Hall–Kier alpha value is -0.760. The van der Waals surface area contributed by atoms with Gasteiger partial charge in [-0.2, -0.15) is 0 Å². The minimum atomic E-state index is 0.742. The molecule has 2 nitrogen and oxygen atoms in total. The summed E-state index contributed by atoms with van der Waals surface area (Å²) in [6.07, 6.45) is 4.99. The molecule has 0 spiro atoms. The Kier molecular flexibility index (Phi) is 2.13. The summed E-state index contributed by atoms with van der Waals surface area (Å²) < 4.78 is 2.31. The van der Waals surface area contributed by atoms with Gasteiger partial charge >= 0.3 is 0 Å². The fraction of sp³-hybridized carbons (Fsp3) is 0.692. The van der Waals surface area contributed by atoms with Gasteiger partial charge in [0.15, 0.2) is 0 Å². The predicted octanol–water partition coefficient (Wildman–Crippen LogP) is 2.22. The normalized spacial score (nSPS) is 39.6. The SMILES string of the molecule is CC1C(c2cccn2C)C2CCN1CC2. The van der Waals surface area contributed by atoms with Crippen LogP contribution in [-0.4, -0.2) is 28.6 Å². The molecule has 0 aromatic carbocycles. The van der Waals surface area contributed by atoms with Crippen molar-refractivity contribution in [2.45, 2.75) is 31.7 Å². The van der Waals surface area contributed by atoms with E-state index in [1.54, 1.807) is 0 Å². The van der Waals surface area contributed by atoms with Crippen molar-refractivity contribution in [3.63, 3.8) is 0 Å². The molecule has 4 rings (SSSR count). The highest BCUT2D eigenvalue weighted by atomic mass is 15.2. The van der Waals surface area contributed by atoms with E-state index < -0.39 is 0 Å². The Morgan fingerprint density at radius 1 is 1.27 bits per heavy atom. The number of aromatic nitrogens is 1. The molecule has 3 saturated heterocycles.